The van der Waals surface area contributed by atoms with Gasteiger partial charge >= 0.3 is 19.3 Å². The van der Waals surface area contributed by atoms with Crippen molar-refractivity contribution in [2.75, 3.05) is 0 Å². The second-order valence-corrected chi connectivity index (χ2v) is 4.90. The maximum Gasteiger partial charge on any atom is 0.505 e. The first-order valence-electron chi connectivity index (χ1n) is 3.14. The van der Waals surface area contributed by atoms with Crippen LogP contribution in [0.5, 0.6) is 0 Å². The van der Waals surface area contributed by atoms with Gasteiger partial charge in [-0.3, -0.25) is 0 Å². The molecule has 0 aromatic heterocycles. The van der Waals surface area contributed by atoms with Crippen molar-refractivity contribution in [3.05, 3.63) is 34.3 Å². The molecule has 0 bridgehead atoms. The Bertz CT molecular complexity index is 215. The summed E-state index contributed by atoms with van der Waals surface area (Å²) < 4.78 is 2.26. The van der Waals surface area contributed by atoms with Crippen LogP contribution in [-0.4, -0.2) is 19.3 Å². The Labute approximate surface area is 82.6 Å². The number of benzene rings is 1. The Kier molecular flexibility index (Phi) is 4.07. The van der Waals surface area contributed by atoms with Crippen LogP contribution in [0.1, 0.15) is 5.56 Å². The average molecular weight is 230 g/mol. The van der Waals surface area contributed by atoms with Crippen LogP contribution < -0.4 is 0 Å². The summed E-state index contributed by atoms with van der Waals surface area (Å²) in [7, 11) is 5.73. The number of halogens is 2. The van der Waals surface area contributed by atoms with Crippen LogP contribution in [-0.2, 0) is 4.55 Å². The molecule has 0 radical (unpaired) electrons. The maximum atomic E-state index is 5.73. The highest BCUT2D eigenvalue weighted by molar-refractivity contribution is 9.10. The molecule has 0 spiro atoms. The fourth-order valence-corrected chi connectivity index (χ4v) is 2.90. The van der Waals surface area contributed by atoms with Crippen LogP contribution in [0.15, 0.2) is 28.7 Å². The summed E-state index contributed by atoms with van der Waals surface area (Å²) in [6.07, 6.45) is 0. The van der Waals surface area contributed by atoms with E-state index in [1.807, 2.05) is 12.1 Å². The van der Waals surface area contributed by atoms with Gasteiger partial charge in [-0.05, 0) is 6.07 Å². The topological polar surface area (TPSA) is 0 Å². The van der Waals surface area contributed by atoms with Gasteiger partial charge in [-0.1, -0.05) is 44.2 Å². The van der Waals surface area contributed by atoms with Gasteiger partial charge in [-0.15, -0.1) is 0 Å². The molecular formula is C7H6BrClMg. The van der Waals surface area contributed by atoms with E-state index in [-0.39, 0.29) is 19.3 Å². The molecule has 0 aliphatic heterocycles. The molecular weight excluding hydrogens is 224 g/mol. The first-order chi connectivity index (χ1) is 4.84. The Balaban J connectivity index is 2.81. The summed E-state index contributed by atoms with van der Waals surface area (Å²) in [5.41, 5.74) is 1.34. The lowest BCUT2D eigenvalue weighted by atomic mass is 10.2. The van der Waals surface area contributed by atoms with Gasteiger partial charge in [-0.25, -0.2) is 0 Å². The summed E-state index contributed by atoms with van der Waals surface area (Å²) in [4.78, 5) is 0. The predicted octanol–water partition coefficient (Wildman–Crippen LogP) is 2.81. The van der Waals surface area contributed by atoms with Crippen molar-refractivity contribution in [1.82, 2.24) is 0 Å². The van der Waals surface area contributed by atoms with E-state index in [2.05, 4.69) is 28.1 Å². The third kappa shape index (κ3) is 2.42. The zero-order chi connectivity index (χ0) is 7.40. The molecule has 1 aromatic carbocycles. The van der Waals surface area contributed by atoms with E-state index >= 15 is 0 Å². The van der Waals surface area contributed by atoms with Crippen LogP contribution in [0.4, 0.5) is 0 Å². The summed E-state index contributed by atoms with van der Waals surface area (Å²) in [5, 5.41) is 0. The number of rotatable bonds is 2. The van der Waals surface area contributed by atoms with E-state index in [1.54, 1.807) is 0 Å². The third-order valence-electron chi connectivity index (χ3n) is 1.32. The van der Waals surface area contributed by atoms with Gasteiger partial charge in [-0.2, -0.15) is 0 Å². The van der Waals surface area contributed by atoms with Crippen molar-refractivity contribution in [2.45, 2.75) is 4.55 Å². The van der Waals surface area contributed by atoms with E-state index in [4.69, 9.17) is 9.07 Å². The molecule has 0 saturated heterocycles. The first-order valence-corrected chi connectivity index (χ1v) is 7.07. The highest BCUT2D eigenvalue weighted by atomic mass is 79.9. The smallest absolute Gasteiger partial charge is 0.345 e. The molecule has 0 nitrogen and oxygen atoms in total. The molecule has 3 heteroatoms. The molecule has 50 valence electrons. The van der Waals surface area contributed by atoms with Crippen LogP contribution in [0.25, 0.3) is 0 Å². The molecule has 1 rings (SSSR count). The van der Waals surface area contributed by atoms with Gasteiger partial charge < -0.3 is 9.07 Å². The molecule has 0 heterocycles. The molecule has 1 aromatic rings. The van der Waals surface area contributed by atoms with Crippen LogP contribution in [0, 0.1) is 0 Å². The largest absolute Gasteiger partial charge is 0.505 e. The Morgan fingerprint density at radius 2 is 2.10 bits per heavy atom. The maximum absolute atomic E-state index is 5.73. The molecule has 0 aliphatic rings. The van der Waals surface area contributed by atoms with E-state index in [0.29, 0.717) is 0 Å². The van der Waals surface area contributed by atoms with Crippen molar-refractivity contribution < 1.29 is 0 Å². The molecule has 0 saturated carbocycles. The lowest BCUT2D eigenvalue weighted by molar-refractivity contribution is 1.36. The van der Waals surface area contributed by atoms with Crippen molar-refractivity contribution in [2.24, 2.45) is 0 Å². The zero-order valence-electron chi connectivity index (χ0n) is 5.48. The summed E-state index contributed by atoms with van der Waals surface area (Å²) in [5.74, 6) is 0. The third-order valence-corrected chi connectivity index (χ3v) is 3.39. The van der Waals surface area contributed by atoms with Gasteiger partial charge in [0.15, 0.2) is 0 Å². The molecule has 0 fully saturated rings. The highest BCUT2D eigenvalue weighted by Crippen LogP contribution is 2.15. The van der Waals surface area contributed by atoms with Crippen LogP contribution >= 0.6 is 25.0 Å². The van der Waals surface area contributed by atoms with Gasteiger partial charge in [0.05, 0.1) is 0 Å². The second kappa shape index (κ2) is 4.60. The fraction of sp³-hybridized carbons (Fsp3) is 0.143. The minimum absolute atomic E-state index is 0.363. The predicted molar refractivity (Wildman–Crippen MR) is 49.5 cm³/mol. The molecule has 0 amide bonds. The molecule has 0 unspecified atom stereocenters. The fourth-order valence-electron chi connectivity index (χ4n) is 0.803. The lowest BCUT2D eigenvalue weighted by Crippen LogP contribution is -1.89. The average Bonchev–Trinajstić information content (AvgIpc) is 1.94. The Morgan fingerprint density at radius 3 is 2.70 bits per heavy atom. The normalized spacial score (nSPS) is 9.00. The van der Waals surface area contributed by atoms with E-state index in [9.17, 15) is 0 Å². The summed E-state index contributed by atoms with van der Waals surface area (Å²) in [6.45, 7) is 0. The van der Waals surface area contributed by atoms with Gasteiger partial charge in [0, 0.05) is 4.47 Å². The van der Waals surface area contributed by atoms with Crippen LogP contribution in [0.2, 0.25) is 0 Å². The minimum Gasteiger partial charge on any atom is -0.345 e. The second-order valence-electron chi connectivity index (χ2n) is 2.03. The highest BCUT2D eigenvalue weighted by Gasteiger charge is 1.97. The van der Waals surface area contributed by atoms with Crippen molar-refractivity contribution in [3.8, 4) is 0 Å². The molecule has 10 heavy (non-hydrogen) atoms. The van der Waals surface area contributed by atoms with Crippen LogP contribution in [0.3, 0.4) is 0 Å². The van der Waals surface area contributed by atoms with E-state index in [1.165, 1.54) is 10.0 Å². The van der Waals surface area contributed by atoms with E-state index in [0.717, 1.165) is 4.55 Å². The zero-order valence-corrected chi connectivity index (χ0v) is 9.24. The molecule has 0 N–H and O–H groups in total. The molecule has 0 atom stereocenters. The summed E-state index contributed by atoms with van der Waals surface area (Å²) in [6, 6.07) is 8.22. The SMILES string of the molecule is [Cl][Mg][CH2]c1ccccc1Br. The number of hydrogen-bond acceptors (Lipinski definition) is 0. The van der Waals surface area contributed by atoms with Crippen molar-refractivity contribution >= 4 is 44.3 Å². The first kappa shape index (κ1) is 8.85. The Hall–Kier alpha value is 0.756. The Morgan fingerprint density at radius 1 is 1.40 bits per heavy atom. The van der Waals surface area contributed by atoms with Gasteiger partial charge in [0.25, 0.3) is 0 Å². The van der Waals surface area contributed by atoms with Crippen molar-refractivity contribution in [1.29, 1.82) is 0 Å². The van der Waals surface area contributed by atoms with E-state index < -0.39 is 0 Å². The number of hydrogen-bond donors (Lipinski definition) is 0. The van der Waals surface area contributed by atoms with Gasteiger partial charge in [0.2, 0.25) is 0 Å². The van der Waals surface area contributed by atoms with Gasteiger partial charge in [0.1, 0.15) is 0 Å². The van der Waals surface area contributed by atoms with Crippen molar-refractivity contribution in [3.63, 3.8) is 0 Å². The monoisotopic (exact) mass is 228 g/mol. The summed E-state index contributed by atoms with van der Waals surface area (Å²) >= 11 is 3.10. The quantitative estimate of drug-likeness (QED) is 0.685. The standard InChI is InChI=1S/C7H6Br.ClH.Mg/c1-6-4-2-3-5-7(6)8;;/h2-5H,1H2;1H;/q;;+1/p-1. The molecule has 0 aliphatic carbocycles. The lowest BCUT2D eigenvalue weighted by Gasteiger charge is -1.98. The minimum atomic E-state index is -0.363.